The third kappa shape index (κ3) is 55.2. The zero-order chi connectivity index (χ0) is 48.6. The van der Waals surface area contributed by atoms with E-state index in [0.29, 0.717) is 19.3 Å². The van der Waals surface area contributed by atoms with E-state index in [1.807, 2.05) is 0 Å². The molecule has 0 radical (unpaired) electrons. The predicted molar refractivity (Wildman–Crippen MR) is 289 cm³/mol. The van der Waals surface area contributed by atoms with Crippen LogP contribution in [-0.4, -0.2) is 37.2 Å². The van der Waals surface area contributed by atoms with E-state index in [2.05, 4.69) is 20.8 Å². The van der Waals surface area contributed by atoms with Crippen LogP contribution in [0.2, 0.25) is 0 Å². The summed E-state index contributed by atoms with van der Waals surface area (Å²) in [6.45, 7) is 6.70. The Morgan fingerprint density at radius 1 is 0.239 bits per heavy atom. The van der Waals surface area contributed by atoms with E-state index in [9.17, 15) is 14.4 Å². The van der Waals surface area contributed by atoms with Crippen LogP contribution in [0.15, 0.2) is 0 Å². The van der Waals surface area contributed by atoms with E-state index in [1.165, 1.54) is 257 Å². The molecule has 0 N–H and O–H groups in total. The van der Waals surface area contributed by atoms with Crippen molar-refractivity contribution in [3.63, 3.8) is 0 Å². The summed E-state index contributed by atoms with van der Waals surface area (Å²) in [6, 6.07) is 0. The molecular weight excluding hydrogens is 829 g/mol. The third-order valence-corrected chi connectivity index (χ3v) is 14.1. The number of unbranched alkanes of at least 4 members (excludes halogenated alkanes) is 46. The van der Waals surface area contributed by atoms with Gasteiger partial charge in [-0.3, -0.25) is 14.4 Å². The minimum Gasteiger partial charge on any atom is -0.462 e. The standard InChI is InChI=1S/C61H118O6/c1-4-7-10-13-16-19-22-25-26-27-28-29-30-31-32-33-34-35-36-37-40-42-45-48-51-54-60(63)66-57-58(67-61(64)55-52-49-46-43-39-24-21-18-15-12-9-6-3)56-65-59(62)53-50-47-44-41-38-23-20-17-14-11-8-5-2/h58H,4-57H2,1-3H3. The Balaban J connectivity index is 4.12. The lowest BCUT2D eigenvalue weighted by Gasteiger charge is -2.18. The summed E-state index contributed by atoms with van der Waals surface area (Å²) in [5.41, 5.74) is 0. The molecule has 0 saturated heterocycles. The van der Waals surface area contributed by atoms with Crippen LogP contribution >= 0.6 is 0 Å². The van der Waals surface area contributed by atoms with Crippen LogP contribution in [0.4, 0.5) is 0 Å². The fourth-order valence-electron chi connectivity index (χ4n) is 9.51. The highest BCUT2D eigenvalue weighted by Gasteiger charge is 2.19. The second kappa shape index (κ2) is 57.0. The zero-order valence-electron chi connectivity index (χ0n) is 45.7. The number of ether oxygens (including phenoxy) is 3. The molecule has 0 heterocycles. The molecular formula is C61H118O6. The van der Waals surface area contributed by atoms with Gasteiger partial charge in [-0.05, 0) is 19.3 Å². The highest BCUT2D eigenvalue weighted by Crippen LogP contribution is 2.18. The molecule has 0 saturated carbocycles. The second-order valence-electron chi connectivity index (χ2n) is 21.0. The first-order chi connectivity index (χ1) is 33.0. The van der Waals surface area contributed by atoms with Gasteiger partial charge < -0.3 is 14.2 Å². The van der Waals surface area contributed by atoms with E-state index < -0.39 is 6.10 Å². The van der Waals surface area contributed by atoms with Gasteiger partial charge in [-0.15, -0.1) is 0 Å². The van der Waals surface area contributed by atoms with Crippen LogP contribution in [0.5, 0.6) is 0 Å². The van der Waals surface area contributed by atoms with Gasteiger partial charge in [0.1, 0.15) is 13.2 Å². The van der Waals surface area contributed by atoms with Crippen LogP contribution in [0, 0.1) is 0 Å². The Hall–Kier alpha value is -1.59. The summed E-state index contributed by atoms with van der Waals surface area (Å²) in [4.78, 5) is 38.1. The van der Waals surface area contributed by atoms with Crippen molar-refractivity contribution in [3.05, 3.63) is 0 Å². The first-order valence-electron chi connectivity index (χ1n) is 30.5. The molecule has 0 aliphatic rings. The molecule has 0 aliphatic carbocycles. The fourth-order valence-corrected chi connectivity index (χ4v) is 9.51. The van der Waals surface area contributed by atoms with Crippen molar-refractivity contribution >= 4 is 17.9 Å². The van der Waals surface area contributed by atoms with Crippen molar-refractivity contribution in [2.45, 2.75) is 361 Å². The Bertz CT molecular complexity index is 998. The Labute approximate surface area is 418 Å². The summed E-state index contributed by atoms with van der Waals surface area (Å²) >= 11 is 0. The van der Waals surface area contributed by atoms with Gasteiger partial charge in [0.05, 0.1) is 0 Å². The summed E-state index contributed by atoms with van der Waals surface area (Å²) in [5, 5.41) is 0. The van der Waals surface area contributed by atoms with E-state index in [4.69, 9.17) is 14.2 Å². The van der Waals surface area contributed by atoms with Crippen molar-refractivity contribution < 1.29 is 28.6 Å². The van der Waals surface area contributed by atoms with Crippen LogP contribution in [0.3, 0.4) is 0 Å². The lowest BCUT2D eigenvalue weighted by atomic mass is 10.0. The first kappa shape index (κ1) is 65.4. The van der Waals surface area contributed by atoms with Gasteiger partial charge >= 0.3 is 17.9 Å². The molecule has 67 heavy (non-hydrogen) atoms. The molecule has 0 aromatic carbocycles. The minimum absolute atomic E-state index is 0.0612. The Morgan fingerprint density at radius 3 is 0.597 bits per heavy atom. The maximum absolute atomic E-state index is 12.8. The van der Waals surface area contributed by atoms with E-state index in [0.717, 1.165) is 57.8 Å². The van der Waals surface area contributed by atoms with Crippen LogP contribution in [0.1, 0.15) is 355 Å². The molecule has 1 unspecified atom stereocenters. The average Bonchev–Trinajstić information content (AvgIpc) is 3.33. The summed E-state index contributed by atoms with van der Waals surface area (Å²) in [7, 11) is 0. The maximum atomic E-state index is 12.8. The number of hydrogen-bond acceptors (Lipinski definition) is 6. The lowest BCUT2D eigenvalue weighted by Crippen LogP contribution is -2.30. The third-order valence-electron chi connectivity index (χ3n) is 14.1. The number of carbonyl (C=O) groups excluding carboxylic acids is 3. The van der Waals surface area contributed by atoms with Crippen LogP contribution in [0.25, 0.3) is 0 Å². The summed E-state index contributed by atoms with van der Waals surface area (Å²) < 4.78 is 16.9. The normalized spacial score (nSPS) is 11.9. The molecule has 0 aliphatic heterocycles. The number of esters is 3. The zero-order valence-corrected chi connectivity index (χ0v) is 45.7. The molecule has 0 fully saturated rings. The van der Waals surface area contributed by atoms with Gasteiger partial charge in [0.15, 0.2) is 6.10 Å². The average molecular weight is 948 g/mol. The molecule has 6 nitrogen and oxygen atoms in total. The van der Waals surface area contributed by atoms with Gasteiger partial charge in [-0.25, -0.2) is 0 Å². The maximum Gasteiger partial charge on any atom is 0.306 e. The fraction of sp³-hybridized carbons (Fsp3) is 0.951. The van der Waals surface area contributed by atoms with Crippen LogP contribution < -0.4 is 0 Å². The molecule has 0 spiro atoms. The monoisotopic (exact) mass is 947 g/mol. The van der Waals surface area contributed by atoms with Gasteiger partial charge in [-0.2, -0.15) is 0 Å². The lowest BCUT2D eigenvalue weighted by molar-refractivity contribution is -0.167. The summed E-state index contributed by atoms with van der Waals surface area (Å²) in [6.07, 6.45) is 64.0. The van der Waals surface area contributed by atoms with Crippen molar-refractivity contribution in [2.75, 3.05) is 13.2 Å². The van der Waals surface area contributed by atoms with Crippen LogP contribution in [-0.2, 0) is 28.6 Å². The van der Waals surface area contributed by atoms with E-state index >= 15 is 0 Å². The molecule has 0 rings (SSSR count). The second-order valence-corrected chi connectivity index (χ2v) is 21.0. The molecule has 0 amide bonds. The molecule has 0 aromatic heterocycles. The van der Waals surface area contributed by atoms with Gasteiger partial charge in [0.2, 0.25) is 0 Å². The van der Waals surface area contributed by atoms with E-state index in [1.54, 1.807) is 0 Å². The highest BCUT2D eigenvalue weighted by molar-refractivity contribution is 5.71. The van der Waals surface area contributed by atoms with Gasteiger partial charge in [0, 0.05) is 19.3 Å². The van der Waals surface area contributed by atoms with Crippen molar-refractivity contribution in [1.29, 1.82) is 0 Å². The molecule has 1 atom stereocenters. The predicted octanol–water partition coefficient (Wildman–Crippen LogP) is 20.3. The largest absolute Gasteiger partial charge is 0.462 e. The van der Waals surface area contributed by atoms with Gasteiger partial charge in [-0.1, -0.05) is 316 Å². The molecule has 0 bridgehead atoms. The van der Waals surface area contributed by atoms with Crippen molar-refractivity contribution in [1.82, 2.24) is 0 Å². The number of rotatable bonds is 57. The Morgan fingerprint density at radius 2 is 0.403 bits per heavy atom. The molecule has 398 valence electrons. The molecule has 0 aromatic rings. The topological polar surface area (TPSA) is 78.9 Å². The SMILES string of the molecule is CCCCCCCCCCCCCCCCCCCCCCCCCCCC(=O)OCC(COC(=O)CCCCCCCCCCCCCC)OC(=O)CCCCCCCCCCCCCC. The van der Waals surface area contributed by atoms with Gasteiger partial charge in [0.25, 0.3) is 0 Å². The molecule has 6 heteroatoms. The first-order valence-corrected chi connectivity index (χ1v) is 30.5. The quantitative estimate of drug-likeness (QED) is 0.0343. The summed E-state index contributed by atoms with van der Waals surface area (Å²) in [5.74, 6) is -0.833. The minimum atomic E-state index is -0.760. The smallest absolute Gasteiger partial charge is 0.306 e. The van der Waals surface area contributed by atoms with E-state index in [-0.39, 0.29) is 31.1 Å². The van der Waals surface area contributed by atoms with Crippen molar-refractivity contribution in [3.8, 4) is 0 Å². The number of hydrogen-bond donors (Lipinski definition) is 0. The Kier molecular flexibility index (Phi) is 55.6. The number of carbonyl (C=O) groups is 3. The van der Waals surface area contributed by atoms with Crippen molar-refractivity contribution in [2.24, 2.45) is 0 Å². The highest BCUT2D eigenvalue weighted by atomic mass is 16.6.